The second-order valence-corrected chi connectivity index (χ2v) is 12.3. The minimum atomic E-state index is -1.12. The first-order valence-corrected chi connectivity index (χ1v) is 16.5. The van der Waals surface area contributed by atoms with E-state index in [1.807, 2.05) is 0 Å². The number of benzene rings is 1. The van der Waals surface area contributed by atoms with Crippen molar-refractivity contribution in [2.24, 2.45) is 0 Å². The second-order valence-electron chi connectivity index (χ2n) is 10.9. The minimum absolute atomic E-state index is 0.345. The van der Waals surface area contributed by atoms with Crippen LogP contribution in [0.4, 0.5) is 0 Å². The van der Waals surface area contributed by atoms with E-state index in [0.29, 0.717) is 38.4 Å². The summed E-state index contributed by atoms with van der Waals surface area (Å²) in [5.41, 5.74) is 2.72. The van der Waals surface area contributed by atoms with Gasteiger partial charge in [0, 0.05) is 18.7 Å². The van der Waals surface area contributed by atoms with E-state index >= 15 is 0 Å². The van der Waals surface area contributed by atoms with Crippen LogP contribution in [0.15, 0.2) is 24.3 Å². The topological polar surface area (TPSA) is 35.3 Å². The molecule has 1 rings (SSSR count). The lowest BCUT2D eigenvalue weighted by Gasteiger charge is -2.35. The molecule has 1 atom stereocenters. The van der Waals surface area contributed by atoms with Crippen LogP contribution in [0.5, 0.6) is 0 Å². The van der Waals surface area contributed by atoms with E-state index in [1.165, 1.54) is 68.9 Å². The van der Waals surface area contributed by atoms with Gasteiger partial charge in [-0.1, -0.05) is 89.0 Å². The Hall–Kier alpha value is -1.02. The minimum Gasteiger partial charge on any atom is -0.377 e. The normalized spacial score (nSPS) is 12.5. The smallest absolute Gasteiger partial charge is 0.259 e. The molecule has 0 heterocycles. The van der Waals surface area contributed by atoms with Crippen LogP contribution in [0.3, 0.4) is 0 Å². The molecule has 1 unspecified atom stereocenters. The first kappa shape index (κ1) is 35.0. The Morgan fingerprint density at radius 1 is 0.711 bits per heavy atom. The third-order valence-corrected chi connectivity index (χ3v) is 8.75. The molecule has 0 aliphatic heterocycles. The summed E-state index contributed by atoms with van der Waals surface area (Å²) < 4.78 is 20.3. The highest BCUT2D eigenvalue weighted by Gasteiger charge is 2.27. The third-order valence-electron chi connectivity index (χ3n) is 6.65. The molecular weight excluding hydrogens is 491 g/mol. The zero-order valence-corrected chi connectivity index (χ0v) is 26.2. The molecule has 0 aromatic heterocycles. The maximum atomic E-state index is 6.98. The Morgan fingerprint density at radius 3 is 1.84 bits per heavy atom. The SMILES string of the molecule is [C-]#[N+]CCOP(OCCCCCCOCc1ccc(CCCCCCCCCC)cc1)N(C(C)C)C(C)C. The zero-order chi connectivity index (χ0) is 27.8. The van der Waals surface area contributed by atoms with Gasteiger partial charge in [-0.05, 0) is 64.5 Å². The maximum Gasteiger partial charge on any atom is 0.259 e. The monoisotopic (exact) mass is 548 g/mol. The highest BCUT2D eigenvalue weighted by atomic mass is 31.2. The largest absolute Gasteiger partial charge is 0.377 e. The van der Waals surface area contributed by atoms with E-state index in [4.69, 9.17) is 20.4 Å². The number of hydrogen-bond donors (Lipinski definition) is 0. The van der Waals surface area contributed by atoms with Crippen molar-refractivity contribution in [3.63, 3.8) is 0 Å². The Labute approximate surface area is 236 Å². The summed E-state index contributed by atoms with van der Waals surface area (Å²) >= 11 is 0. The number of ether oxygens (including phenoxy) is 1. The number of aryl methyl sites for hydroxylation is 1. The zero-order valence-electron chi connectivity index (χ0n) is 25.3. The van der Waals surface area contributed by atoms with Crippen LogP contribution in [0.2, 0.25) is 0 Å². The van der Waals surface area contributed by atoms with Crippen molar-refractivity contribution in [2.75, 3.05) is 26.4 Å². The van der Waals surface area contributed by atoms with Gasteiger partial charge in [-0.25, -0.2) is 11.2 Å². The van der Waals surface area contributed by atoms with Gasteiger partial charge in [-0.15, -0.1) is 0 Å². The van der Waals surface area contributed by atoms with Gasteiger partial charge in [0.05, 0.1) is 13.2 Å². The van der Waals surface area contributed by atoms with Gasteiger partial charge in [-0.2, -0.15) is 0 Å². The van der Waals surface area contributed by atoms with Gasteiger partial charge in [0.15, 0.2) is 0 Å². The van der Waals surface area contributed by atoms with E-state index < -0.39 is 8.53 Å². The predicted molar refractivity (Wildman–Crippen MR) is 163 cm³/mol. The molecular formula is C32H57N2O3P. The van der Waals surface area contributed by atoms with Gasteiger partial charge < -0.3 is 18.6 Å². The Kier molecular flexibility index (Phi) is 22.0. The molecule has 0 aliphatic carbocycles. The van der Waals surface area contributed by atoms with Crippen molar-refractivity contribution in [3.05, 3.63) is 46.8 Å². The van der Waals surface area contributed by atoms with Crippen molar-refractivity contribution in [1.82, 2.24) is 4.67 Å². The molecule has 0 amide bonds. The number of nitrogens with zero attached hydrogens (tertiary/aromatic N) is 2. The molecule has 0 saturated heterocycles. The van der Waals surface area contributed by atoms with E-state index in [0.717, 1.165) is 32.3 Å². The van der Waals surface area contributed by atoms with Crippen molar-refractivity contribution < 1.29 is 13.8 Å². The molecule has 0 radical (unpaired) electrons. The van der Waals surface area contributed by atoms with Crippen LogP contribution < -0.4 is 0 Å². The highest BCUT2D eigenvalue weighted by molar-refractivity contribution is 7.44. The Bertz CT molecular complexity index is 698. The standard InChI is InChI=1S/C32H57N2O3P/c1-7-8-9-10-11-12-13-16-19-31-20-22-32(23-21-31)28-35-25-17-14-15-18-26-36-38(37-27-24-33-6)34(29(2)3)30(4)5/h20-23,29-30H,7-19,24-28H2,1-5H3. The first-order valence-electron chi connectivity index (χ1n) is 15.3. The fourth-order valence-corrected chi connectivity index (χ4v) is 6.18. The molecule has 0 saturated carbocycles. The summed E-state index contributed by atoms with van der Waals surface area (Å²) in [4.78, 5) is 3.40. The lowest BCUT2D eigenvalue weighted by Crippen LogP contribution is -2.33. The molecule has 0 fully saturated rings. The molecule has 38 heavy (non-hydrogen) atoms. The van der Waals surface area contributed by atoms with E-state index in [-0.39, 0.29) is 0 Å². The lowest BCUT2D eigenvalue weighted by atomic mass is 10.0. The van der Waals surface area contributed by atoms with Crippen LogP contribution >= 0.6 is 8.53 Å². The molecule has 0 bridgehead atoms. The van der Waals surface area contributed by atoms with Crippen LogP contribution in [0.1, 0.15) is 123 Å². The third kappa shape index (κ3) is 17.5. The summed E-state index contributed by atoms with van der Waals surface area (Å²) in [5, 5.41) is 0. The number of hydrogen-bond acceptors (Lipinski definition) is 4. The molecule has 1 aromatic rings. The summed E-state index contributed by atoms with van der Waals surface area (Å²) in [6, 6.07) is 9.70. The second kappa shape index (κ2) is 23.8. The highest BCUT2D eigenvalue weighted by Crippen LogP contribution is 2.45. The van der Waals surface area contributed by atoms with Gasteiger partial charge in [-0.3, -0.25) is 0 Å². The first-order chi connectivity index (χ1) is 18.5. The van der Waals surface area contributed by atoms with E-state index in [2.05, 4.69) is 68.4 Å². The summed E-state index contributed by atoms with van der Waals surface area (Å²) in [7, 11) is -1.12. The number of rotatable bonds is 25. The van der Waals surface area contributed by atoms with Crippen LogP contribution in [0, 0.1) is 6.57 Å². The van der Waals surface area contributed by atoms with Gasteiger partial charge in [0.25, 0.3) is 8.53 Å². The maximum absolute atomic E-state index is 6.98. The average Bonchev–Trinajstić information content (AvgIpc) is 2.89. The van der Waals surface area contributed by atoms with Crippen molar-refractivity contribution in [2.45, 2.75) is 137 Å². The molecule has 1 aromatic carbocycles. The van der Waals surface area contributed by atoms with Crippen LogP contribution in [0.25, 0.3) is 4.85 Å². The fourth-order valence-electron chi connectivity index (χ4n) is 4.57. The van der Waals surface area contributed by atoms with Crippen LogP contribution in [-0.4, -0.2) is 43.1 Å². The number of unbranched alkanes of at least 4 members (excludes halogenated alkanes) is 10. The van der Waals surface area contributed by atoms with Gasteiger partial charge in [0.1, 0.15) is 6.61 Å². The molecule has 0 aliphatic rings. The Balaban J connectivity index is 2.11. The Morgan fingerprint density at radius 2 is 1.24 bits per heavy atom. The summed E-state index contributed by atoms with van der Waals surface area (Å²) in [5.74, 6) is 0. The van der Waals surface area contributed by atoms with Gasteiger partial charge >= 0.3 is 0 Å². The molecule has 5 nitrogen and oxygen atoms in total. The summed E-state index contributed by atoms with van der Waals surface area (Å²) in [6.07, 6.45) is 16.6. The molecule has 0 spiro atoms. The summed E-state index contributed by atoms with van der Waals surface area (Å²) in [6.45, 7) is 21.0. The average molecular weight is 549 g/mol. The van der Waals surface area contributed by atoms with Crippen molar-refractivity contribution in [1.29, 1.82) is 0 Å². The quantitative estimate of drug-likeness (QED) is 0.0692. The van der Waals surface area contributed by atoms with Crippen LogP contribution in [-0.2, 0) is 26.8 Å². The van der Waals surface area contributed by atoms with E-state index in [9.17, 15) is 0 Å². The molecule has 0 N–H and O–H groups in total. The molecule has 6 heteroatoms. The van der Waals surface area contributed by atoms with E-state index in [1.54, 1.807) is 0 Å². The van der Waals surface area contributed by atoms with Crippen molar-refractivity contribution in [3.8, 4) is 0 Å². The van der Waals surface area contributed by atoms with Gasteiger partial charge in [0.2, 0.25) is 6.54 Å². The lowest BCUT2D eigenvalue weighted by molar-refractivity contribution is 0.116. The predicted octanol–water partition coefficient (Wildman–Crippen LogP) is 9.74. The van der Waals surface area contributed by atoms with Crippen molar-refractivity contribution >= 4 is 8.53 Å². The fraction of sp³-hybridized carbons (Fsp3) is 0.781. The molecule has 218 valence electrons.